The summed E-state index contributed by atoms with van der Waals surface area (Å²) in [4.78, 5) is 5.10. The van der Waals surface area contributed by atoms with Gasteiger partial charge in [-0.1, -0.05) is 140 Å². The number of nitrogens with zero attached hydrogens (tertiary/aromatic N) is 2. The van der Waals surface area contributed by atoms with Gasteiger partial charge in [0.05, 0.1) is 83.5 Å². The summed E-state index contributed by atoms with van der Waals surface area (Å²) in [5.74, 6) is 12.7. The number of methoxy groups -OCH3 is 4. The van der Waals surface area contributed by atoms with Crippen molar-refractivity contribution in [2.24, 2.45) is 82.9 Å². The van der Waals surface area contributed by atoms with Crippen molar-refractivity contribution in [3.8, 4) is 23.0 Å². The molecule has 5 aliphatic carbocycles. The Balaban J connectivity index is 0.000000202. The van der Waals surface area contributed by atoms with Gasteiger partial charge in [0, 0.05) is 42.6 Å². The fraction of sp³-hybridized carbons (Fsp3) is 0.722. The summed E-state index contributed by atoms with van der Waals surface area (Å²) in [6.45, 7) is 32.0. The maximum absolute atomic E-state index is 13.7. The van der Waals surface area contributed by atoms with E-state index in [0.29, 0.717) is 76.1 Å². The molecule has 0 bridgehead atoms. The van der Waals surface area contributed by atoms with Gasteiger partial charge in [-0.25, -0.2) is 46.5 Å². The van der Waals surface area contributed by atoms with E-state index < -0.39 is 49.2 Å². The van der Waals surface area contributed by atoms with E-state index in [1.807, 2.05) is 30.3 Å². The Labute approximate surface area is 801 Å². The fourth-order valence-electron chi connectivity index (χ4n) is 21.2. The van der Waals surface area contributed by atoms with E-state index in [9.17, 15) is 46.5 Å². The first kappa shape index (κ1) is 111. The van der Waals surface area contributed by atoms with E-state index in [0.717, 1.165) is 223 Å². The van der Waals surface area contributed by atoms with Crippen molar-refractivity contribution < 1.29 is 65.4 Å². The first-order valence-corrected chi connectivity index (χ1v) is 59.5. The van der Waals surface area contributed by atoms with E-state index in [1.165, 1.54) is 113 Å². The molecule has 5 saturated carbocycles. The number of ether oxygens (including phenoxy) is 4. The number of aryl methyl sites for hydroxylation is 5. The second-order valence-corrected chi connectivity index (χ2v) is 56.1. The monoisotopic (exact) mass is 1940 g/mol. The molecule has 5 aromatic carbocycles. The summed E-state index contributed by atoms with van der Waals surface area (Å²) >= 11 is 6.09. The summed E-state index contributed by atoms with van der Waals surface area (Å²) in [7, 11) is -8.09. The third-order valence-corrected chi connectivity index (χ3v) is 42.3. The molecule has 0 spiro atoms. The van der Waals surface area contributed by atoms with Gasteiger partial charge in [0.15, 0.2) is 72.3 Å². The highest BCUT2D eigenvalue weighted by Crippen LogP contribution is 2.41. The van der Waals surface area contributed by atoms with Crippen molar-refractivity contribution in [2.45, 2.75) is 329 Å². The number of sulfone groups is 5. The molecular weight excluding hydrogens is 1760 g/mol. The zero-order valence-electron chi connectivity index (χ0n) is 83.7. The molecule has 0 amide bonds. The first-order valence-electron chi connectivity index (χ1n) is 50.5. The van der Waals surface area contributed by atoms with Crippen LogP contribution in [-0.4, -0.2) is 152 Å². The molecule has 0 N–H and O–H groups in total. The molecule has 0 unspecified atom stereocenters. The predicted octanol–water partition coefficient (Wildman–Crippen LogP) is 25.0. The zero-order chi connectivity index (χ0) is 96.0. The zero-order valence-corrected chi connectivity index (χ0v) is 88.5. The Morgan fingerprint density at radius 3 is 0.802 bits per heavy atom. The van der Waals surface area contributed by atoms with Crippen LogP contribution in [0.4, 0.5) is 15.8 Å². The van der Waals surface area contributed by atoms with E-state index in [1.54, 1.807) is 103 Å². The number of hydrogen-bond acceptors (Lipinski definition) is 16. The molecule has 7 aliphatic rings. The van der Waals surface area contributed by atoms with E-state index >= 15 is 0 Å². The highest BCUT2D eigenvalue weighted by Gasteiger charge is 2.34. The normalized spacial score (nSPS) is 24.8. The Kier molecular flexibility index (Phi) is 45.6. The highest BCUT2D eigenvalue weighted by atomic mass is 35.5. The van der Waals surface area contributed by atoms with Crippen molar-refractivity contribution in [2.75, 3.05) is 93.2 Å². The summed E-state index contributed by atoms with van der Waals surface area (Å²) in [6.07, 6.45) is 35.6. The molecule has 4 atom stereocenters. The van der Waals surface area contributed by atoms with Crippen LogP contribution in [0.1, 0.15) is 298 Å². The Morgan fingerprint density at radius 1 is 0.298 bits per heavy atom. The van der Waals surface area contributed by atoms with Gasteiger partial charge in [0.25, 0.3) is 0 Å². The van der Waals surface area contributed by atoms with Crippen LogP contribution in [0.15, 0.2) is 103 Å². The fourth-order valence-corrected chi connectivity index (χ4v) is 28.3. The van der Waals surface area contributed by atoms with Crippen molar-refractivity contribution in [1.82, 2.24) is 0 Å². The maximum Gasteiger partial charge on any atom is 0.165 e. The van der Waals surface area contributed by atoms with Crippen LogP contribution in [0, 0.1) is 88.7 Å². The molecule has 23 heteroatoms. The molecule has 5 aromatic rings. The van der Waals surface area contributed by atoms with E-state index in [-0.39, 0.29) is 37.8 Å². The third kappa shape index (κ3) is 37.6. The van der Waals surface area contributed by atoms with Gasteiger partial charge >= 0.3 is 0 Å². The predicted molar refractivity (Wildman–Crippen MR) is 547 cm³/mol. The highest BCUT2D eigenvalue weighted by molar-refractivity contribution is 7.93. The van der Waals surface area contributed by atoms with Crippen LogP contribution in [-0.2, 0) is 81.3 Å². The number of benzene rings is 5. The largest absolute Gasteiger partial charge is 0.496 e. The quantitative estimate of drug-likeness (QED) is 0.0364. The molecule has 12 rings (SSSR count). The van der Waals surface area contributed by atoms with Gasteiger partial charge < -0.3 is 28.7 Å². The van der Waals surface area contributed by atoms with Gasteiger partial charge in [0.1, 0.15) is 5.75 Å². The van der Waals surface area contributed by atoms with Crippen molar-refractivity contribution in [3.63, 3.8) is 0 Å². The third-order valence-electron chi connectivity index (χ3n) is 30.2. The van der Waals surface area contributed by atoms with Gasteiger partial charge in [0.2, 0.25) is 0 Å². The number of piperidine rings is 2. The number of rotatable bonds is 36. The summed E-state index contributed by atoms with van der Waals surface area (Å²) < 4.78 is 156. The second-order valence-electron chi connectivity index (χ2n) is 42.7. The standard InChI is InChI=1S/2C25H41NO2S.C20H32O4S.C19H29ClO3S.C19H29FO3S/c2*1-19(2)29(27,28)18-24-9-7-22(8-10-24)5-6-23-11-13-25(14-12-23)26-16-20(3)15-21(4)17-26;1-15(2)25(21,22)14-18-9-6-16(7-10-18)5-8-17-11-12-19(23-3)20(13-17)24-4;1-14(2)24(21,22)13-16-6-4-15(5-7-16)8-9-17-12-18(20)10-11-19(17)23-3;1-14(2)24(21,22)13-17-8-5-15(6-9-17)4-7-16-10-11-19(23-3)18(20)12-16/h2*11-14,19-22,24H,5-10,15-18H2,1-4H3;11-13,15-16,18H,5-10,14H2,1-4H3;10-12,14-16H,4-9,13H2,1-3H3;10-12,14-15,17H,4-9,13H2,1-3H3/t20-,21+,22?,24?;20-,21-,22?,24?;;;/m.1.../s1. The van der Waals surface area contributed by atoms with Crippen molar-refractivity contribution in [3.05, 3.63) is 142 Å². The SMILES string of the molecule is CC(C)S(=O)(=O)CC1CCC(CCc2ccc(N3C[C@H](C)C[C@@H](C)C3)cc2)CC1.CC(C)S(=O)(=O)CC1CCC(CCc2ccc(N3C[C@H](C)C[C@H](C)C3)cc2)CC1.COc1ccc(CCC2CCC(CS(=O)(=O)C(C)C)CC2)cc1F.COc1ccc(CCC2CCC(CS(=O)(=O)C(C)C)CC2)cc1OC.COc1ccc(Cl)cc1CCC1CCC(CS(=O)(=O)C(C)C)CC1. The lowest BCUT2D eigenvalue weighted by atomic mass is 9.80. The lowest BCUT2D eigenvalue weighted by Crippen LogP contribution is -2.38. The first-order chi connectivity index (χ1) is 61.9. The van der Waals surface area contributed by atoms with Crippen LogP contribution < -0.4 is 28.7 Å². The van der Waals surface area contributed by atoms with Gasteiger partial charge in [-0.2, -0.15) is 0 Å². The van der Waals surface area contributed by atoms with Crippen LogP contribution in [0.3, 0.4) is 0 Å². The van der Waals surface area contributed by atoms with Crippen LogP contribution in [0.25, 0.3) is 0 Å². The summed E-state index contributed by atoms with van der Waals surface area (Å²) in [6, 6.07) is 35.6. The van der Waals surface area contributed by atoms with Crippen LogP contribution in [0.2, 0.25) is 5.02 Å². The van der Waals surface area contributed by atoms with Crippen molar-refractivity contribution in [1.29, 1.82) is 0 Å². The number of anilines is 2. The molecule has 2 heterocycles. The average molecular weight is 1940 g/mol. The molecule has 0 radical (unpaired) electrons. The van der Waals surface area contributed by atoms with Crippen LogP contribution >= 0.6 is 11.6 Å². The summed E-state index contributed by atoms with van der Waals surface area (Å²) in [5, 5.41) is -0.520. The molecule has 0 aromatic heterocycles. The van der Waals surface area contributed by atoms with E-state index in [4.69, 9.17) is 30.5 Å². The second kappa shape index (κ2) is 53.7. The summed E-state index contributed by atoms with van der Waals surface area (Å²) in [5.41, 5.74) is 9.06. The lowest BCUT2D eigenvalue weighted by molar-refractivity contribution is 0.277. The average Bonchev–Trinajstić information content (AvgIpc) is 0.853. The number of halogens is 2. The molecule has 2 aliphatic heterocycles. The van der Waals surface area contributed by atoms with Crippen LogP contribution in [0.5, 0.6) is 23.0 Å². The van der Waals surface area contributed by atoms with Gasteiger partial charge in [-0.3, -0.25) is 0 Å². The number of hydrogen-bond donors (Lipinski definition) is 0. The van der Waals surface area contributed by atoms with Gasteiger partial charge in [-0.05, 0) is 388 Å². The van der Waals surface area contributed by atoms with E-state index in [2.05, 4.69) is 98.2 Å². The van der Waals surface area contributed by atoms with Gasteiger partial charge in [-0.15, -0.1) is 0 Å². The molecule has 16 nitrogen and oxygen atoms in total. The minimum Gasteiger partial charge on any atom is -0.496 e. The minimum absolute atomic E-state index is 0.237. The minimum atomic E-state index is -2.94. The van der Waals surface area contributed by atoms with Crippen molar-refractivity contribution >= 4 is 72.2 Å². The molecule has 742 valence electrons. The Morgan fingerprint density at radius 2 is 0.534 bits per heavy atom. The Hall–Kier alpha value is -5.13. The molecule has 131 heavy (non-hydrogen) atoms. The molecular formula is C108H172ClFN2O14S5. The topological polar surface area (TPSA) is 214 Å². The molecule has 7 fully saturated rings. The maximum atomic E-state index is 13.7. The molecule has 2 saturated heterocycles. The lowest BCUT2D eigenvalue weighted by Gasteiger charge is -2.36. The Bertz CT molecular complexity index is 4630. The smallest absolute Gasteiger partial charge is 0.165 e.